The summed E-state index contributed by atoms with van der Waals surface area (Å²) in [6.07, 6.45) is -2.75. The summed E-state index contributed by atoms with van der Waals surface area (Å²) in [7, 11) is 0. The van der Waals surface area contributed by atoms with Gasteiger partial charge in [-0.25, -0.2) is 0 Å². The number of hydrogen-bond acceptors (Lipinski definition) is 5. The van der Waals surface area contributed by atoms with Crippen LogP contribution in [-0.2, 0) is 17.6 Å². The van der Waals surface area contributed by atoms with Crippen molar-refractivity contribution in [2.45, 2.75) is 52.3 Å². The van der Waals surface area contributed by atoms with E-state index in [9.17, 15) is 33.0 Å². The van der Waals surface area contributed by atoms with Crippen LogP contribution in [0, 0.1) is 5.41 Å². The molecule has 1 heterocycles. The molecule has 0 unspecified atom stereocenters. The number of carbonyl (C=O) groups is 2. The maximum Gasteiger partial charge on any atom is 0.433 e. The van der Waals surface area contributed by atoms with Gasteiger partial charge in [0.15, 0.2) is 5.78 Å². The number of hydrogen-bond donors (Lipinski definition) is 2. The van der Waals surface area contributed by atoms with Gasteiger partial charge >= 0.3 is 12.1 Å². The lowest BCUT2D eigenvalue weighted by atomic mass is 9.77. The Morgan fingerprint density at radius 2 is 1.69 bits per heavy atom. The molecule has 3 aromatic rings. The maximum absolute atomic E-state index is 13.2. The van der Waals surface area contributed by atoms with E-state index >= 15 is 0 Å². The van der Waals surface area contributed by atoms with Gasteiger partial charge in [-0.3, -0.25) is 14.6 Å². The van der Waals surface area contributed by atoms with E-state index in [1.54, 1.807) is 38.1 Å². The minimum absolute atomic E-state index is 0.0764. The fourth-order valence-corrected chi connectivity index (χ4v) is 4.03. The van der Waals surface area contributed by atoms with Crippen molar-refractivity contribution in [3.05, 3.63) is 65.5 Å². The molecule has 0 atom stereocenters. The smallest absolute Gasteiger partial charge is 0.433 e. The number of phenolic OH excluding ortho intramolecular Hbond substituents is 1. The molecule has 0 aliphatic carbocycles. The SMILES string of the molecule is CCC(CC)(CCC(=O)c1cc(O)c2ccccc2c1OCc1ccc(C(F)(F)F)nc1)C(=O)O. The summed E-state index contributed by atoms with van der Waals surface area (Å²) in [5.74, 6) is -1.35. The van der Waals surface area contributed by atoms with Crippen molar-refractivity contribution in [1.29, 1.82) is 0 Å². The number of carboxylic acids is 1. The van der Waals surface area contributed by atoms with E-state index < -0.39 is 29.0 Å². The van der Waals surface area contributed by atoms with Crippen LogP contribution < -0.4 is 4.74 Å². The van der Waals surface area contributed by atoms with Crippen molar-refractivity contribution in [2.75, 3.05) is 0 Å². The van der Waals surface area contributed by atoms with Gasteiger partial charge in [-0.2, -0.15) is 13.2 Å². The first-order valence-electron chi connectivity index (χ1n) is 11.2. The lowest BCUT2D eigenvalue weighted by molar-refractivity contribution is -0.150. The number of aromatic nitrogens is 1. The van der Waals surface area contributed by atoms with Gasteiger partial charge in [0.1, 0.15) is 23.8 Å². The van der Waals surface area contributed by atoms with Crippen LogP contribution in [0.15, 0.2) is 48.7 Å². The summed E-state index contributed by atoms with van der Waals surface area (Å²) in [4.78, 5) is 28.4. The molecule has 9 heteroatoms. The molecule has 186 valence electrons. The quantitative estimate of drug-likeness (QED) is 0.320. The molecule has 0 aliphatic heterocycles. The summed E-state index contributed by atoms with van der Waals surface area (Å²) in [6, 6.07) is 10.1. The van der Waals surface area contributed by atoms with Crippen molar-refractivity contribution in [3.8, 4) is 11.5 Å². The molecule has 0 spiro atoms. The van der Waals surface area contributed by atoms with Crippen LogP contribution in [0.4, 0.5) is 13.2 Å². The van der Waals surface area contributed by atoms with E-state index in [2.05, 4.69) is 4.98 Å². The van der Waals surface area contributed by atoms with Crippen molar-refractivity contribution in [2.24, 2.45) is 5.41 Å². The predicted octanol–water partition coefficient (Wildman–Crippen LogP) is 6.39. The number of halogens is 3. The Hall–Kier alpha value is -3.62. The first-order chi connectivity index (χ1) is 16.5. The number of alkyl halides is 3. The molecule has 3 rings (SSSR count). The van der Waals surface area contributed by atoms with Crippen LogP contribution in [0.25, 0.3) is 10.8 Å². The molecule has 6 nitrogen and oxygen atoms in total. The van der Waals surface area contributed by atoms with E-state index in [0.29, 0.717) is 29.2 Å². The zero-order valence-corrected chi connectivity index (χ0v) is 19.4. The molecule has 0 saturated carbocycles. The first-order valence-corrected chi connectivity index (χ1v) is 11.2. The van der Waals surface area contributed by atoms with E-state index in [0.717, 1.165) is 12.3 Å². The minimum atomic E-state index is -4.56. The molecule has 0 bridgehead atoms. The van der Waals surface area contributed by atoms with Crippen LogP contribution in [-0.4, -0.2) is 26.9 Å². The van der Waals surface area contributed by atoms with Crippen LogP contribution >= 0.6 is 0 Å². The summed E-state index contributed by atoms with van der Waals surface area (Å²) < 4.78 is 44.3. The highest BCUT2D eigenvalue weighted by Crippen LogP contribution is 2.39. The predicted molar refractivity (Wildman–Crippen MR) is 123 cm³/mol. The van der Waals surface area contributed by atoms with Crippen molar-refractivity contribution >= 4 is 22.5 Å². The van der Waals surface area contributed by atoms with Crippen molar-refractivity contribution < 1.29 is 37.7 Å². The Morgan fingerprint density at radius 3 is 2.23 bits per heavy atom. The third-order valence-electron chi connectivity index (χ3n) is 6.41. The van der Waals surface area contributed by atoms with Gasteiger partial charge in [0.2, 0.25) is 0 Å². The third-order valence-corrected chi connectivity index (χ3v) is 6.41. The summed E-state index contributed by atoms with van der Waals surface area (Å²) in [5.41, 5.74) is -1.63. The number of ether oxygens (including phenoxy) is 1. The number of carbonyl (C=O) groups excluding carboxylic acids is 1. The summed E-state index contributed by atoms with van der Waals surface area (Å²) in [5, 5.41) is 21.1. The molecule has 1 aromatic heterocycles. The second-order valence-electron chi connectivity index (χ2n) is 8.37. The number of nitrogens with zero attached hydrogens (tertiary/aromatic N) is 1. The lowest BCUT2D eigenvalue weighted by Gasteiger charge is -2.26. The number of aliphatic carboxylic acids is 1. The Labute approximate surface area is 200 Å². The fourth-order valence-electron chi connectivity index (χ4n) is 4.03. The second-order valence-corrected chi connectivity index (χ2v) is 8.37. The fraction of sp³-hybridized carbons (Fsp3) is 0.346. The molecule has 0 aliphatic rings. The van der Waals surface area contributed by atoms with E-state index in [1.165, 1.54) is 12.1 Å². The number of ketones is 1. The molecular weight excluding hydrogens is 463 g/mol. The zero-order chi connectivity index (χ0) is 25.8. The number of rotatable bonds is 10. The standard InChI is InChI=1S/C26H26F3NO5/c1-3-25(4-2,24(33)34)12-11-20(31)19-13-21(32)17-7-5-6-8-18(17)23(19)35-15-16-9-10-22(30-14-16)26(27,28)29/h5-10,13-14,32H,3-4,11-12,15H2,1-2H3,(H,33,34). The number of fused-ring (bicyclic) bond motifs is 1. The van der Waals surface area contributed by atoms with E-state index in [1.807, 2.05) is 0 Å². The molecular formula is C26H26F3NO5. The second kappa shape index (κ2) is 10.3. The monoisotopic (exact) mass is 489 g/mol. The number of benzene rings is 2. The molecule has 35 heavy (non-hydrogen) atoms. The van der Waals surface area contributed by atoms with Gasteiger partial charge in [0.25, 0.3) is 0 Å². The Morgan fingerprint density at radius 1 is 1.03 bits per heavy atom. The van der Waals surface area contributed by atoms with Crippen LogP contribution in [0.2, 0.25) is 0 Å². The average molecular weight is 489 g/mol. The minimum Gasteiger partial charge on any atom is -0.507 e. The number of pyridine rings is 1. The largest absolute Gasteiger partial charge is 0.507 e. The summed E-state index contributed by atoms with van der Waals surface area (Å²) >= 11 is 0. The number of carboxylic acid groups (broad SMARTS) is 1. The molecule has 0 saturated heterocycles. The highest BCUT2D eigenvalue weighted by Gasteiger charge is 2.35. The van der Waals surface area contributed by atoms with Crippen LogP contribution in [0.3, 0.4) is 0 Å². The van der Waals surface area contributed by atoms with Gasteiger partial charge < -0.3 is 14.9 Å². The molecule has 2 N–H and O–H groups in total. The van der Waals surface area contributed by atoms with E-state index in [-0.39, 0.29) is 36.5 Å². The van der Waals surface area contributed by atoms with Crippen LogP contribution in [0.1, 0.15) is 61.1 Å². The van der Waals surface area contributed by atoms with Gasteiger partial charge in [0.05, 0.1) is 11.0 Å². The lowest BCUT2D eigenvalue weighted by Crippen LogP contribution is -2.30. The maximum atomic E-state index is 13.2. The number of aromatic hydroxyl groups is 1. The number of Topliss-reactive ketones (excluding diaryl/α,β-unsaturated/α-hetero) is 1. The van der Waals surface area contributed by atoms with Crippen molar-refractivity contribution in [3.63, 3.8) is 0 Å². The third kappa shape index (κ3) is 5.55. The van der Waals surface area contributed by atoms with Gasteiger partial charge in [-0.05, 0) is 31.4 Å². The summed E-state index contributed by atoms with van der Waals surface area (Å²) in [6.45, 7) is 3.36. The van der Waals surface area contributed by atoms with Gasteiger partial charge in [0, 0.05) is 29.0 Å². The average Bonchev–Trinajstić information content (AvgIpc) is 2.83. The zero-order valence-electron chi connectivity index (χ0n) is 19.4. The number of phenols is 1. The van der Waals surface area contributed by atoms with Gasteiger partial charge in [-0.15, -0.1) is 0 Å². The molecule has 2 aromatic carbocycles. The Balaban J connectivity index is 1.93. The highest BCUT2D eigenvalue weighted by atomic mass is 19.4. The normalized spacial score (nSPS) is 12.0. The molecule has 0 fully saturated rings. The van der Waals surface area contributed by atoms with Gasteiger partial charge in [-0.1, -0.05) is 44.2 Å². The Bertz CT molecular complexity index is 1220. The van der Waals surface area contributed by atoms with E-state index in [4.69, 9.17) is 4.74 Å². The molecule has 0 radical (unpaired) electrons. The first kappa shape index (κ1) is 26.0. The topological polar surface area (TPSA) is 96.7 Å². The van der Waals surface area contributed by atoms with Crippen LogP contribution in [0.5, 0.6) is 11.5 Å². The molecule has 0 amide bonds. The van der Waals surface area contributed by atoms with Crippen molar-refractivity contribution in [1.82, 2.24) is 4.98 Å². The highest BCUT2D eigenvalue weighted by molar-refractivity contribution is 6.07. The Kier molecular flexibility index (Phi) is 7.67.